The highest BCUT2D eigenvalue weighted by molar-refractivity contribution is 7.71. The van der Waals surface area contributed by atoms with Gasteiger partial charge in [0, 0.05) is 6.07 Å². The van der Waals surface area contributed by atoms with E-state index in [1.807, 2.05) is 31.2 Å². The molecule has 3 rings (SSSR count). The van der Waals surface area contributed by atoms with E-state index in [4.69, 9.17) is 12.2 Å². The second kappa shape index (κ2) is 5.05. The van der Waals surface area contributed by atoms with Crippen LogP contribution >= 0.6 is 12.2 Å². The number of carbonyl (C=O) groups is 1. The summed E-state index contributed by atoms with van der Waals surface area (Å²) < 4.78 is 2.41. The Morgan fingerprint density at radius 1 is 1.62 bits per heavy atom. The number of likely N-dealkylation sites (N-methyl/N-ethyl adjacent to an activating group) is 1. The molecule has 0 amide bonds. The third kappa shape index (κ3) is 2.07. The summed E-state index contributed by atoms with van der Waals surface area (Å²) in [7, 11) is 0. The second-order valence-corrected chi connectivity index (χ2v) is 5.52. The molecule has 1 fully saturated rings. The summed E-state index contributed by atoms with van der Waals surface area (Å²) in [6, 6.07) is 7.34. The highest BCUT2D eigenvalue weighted by Gasteiger charge is 2.51. The quantitative estimate of drug-likeness (QED) is 0.661. The predicted molar refractivity (Wildman–Crippen MR) is 79.8 cm³/mol. The maximum Gasteiger partial charge on any atom is 0.363 e. The first-order chi connectivity index (χ1) is 10.1. The van der Waals surface area contributed by atoms with Gasteiger partial charge in [-0.25, -0.2) is 9.48 Å². The molecule has 110 valence electrons. The molecule has 0 aliphatic carbocycles. The molecule has 1 saturated heterocycles. The normalized spacial score (nSPS) is 24.5. The Morgan fingerprint density at radius 2 is 2.43 bits per heavy atom. The number of rotatable bonds is 4. The molecule has 8 heteroatoms. The minimum Gasteiger partial charge on any atom is -0.477 e. The van der Waals surface area contributed by atoms with Gasteiger partial charge in [0.05, 0.1) is 25.2 Å². The van der Waals surface area contributed by atoms with Gasteiger partial charge in [0.25, 0.3) is 0 Å². The van der Waals surface area contributed by atoms with Crippen LogP contribution < -0.4 is 4.48 Å². The first-order valence-electron chi connectivity index (χ1n) is 6.79. The molecule has 1 aliphatic rings. The number of carboxylic acid groups (broad SMARTS) is 1. The van der Waals surface area contributed by atoms with Gasteiger partial charge in [0.15, 0.2) is 6.04 Å². The van der Waals surface area contributed by atoms with Crippen LogP contribution in [0.25, 0.3) is 5.69 Å². The molecule has 1 aromatic heterocycles. The average molecular weight is 306 g/mol. The number of benzene rings is 1. The molecule has 7 nitrogen and oxygen atoms in total. The van der Waals surface area contributed by atoms with E-state index < -0.39 is 5.97 Å². The van der Waals surface area contributed by atoms with Gasteiger partial charge in [-0.1, -0.05) is 16.4 Å². The molecule has 0 spiro atoms. The molecule has 2 aromatic rings. The summed E-state index contributed by atoms with van der Waals surface area (Å²) in [4.78, 5) is 11.4. The van der Waals surface area contributed by atoms with Crippen LogP contribution in [0.15, 0.2) is 24.3 Å². The van der Waals surface area contributed by atoms with E-state index in [1.165, 1.54) is 0 Å². The molecular formula is C13H16N5O2S+. The number of nitrogens with zero attached hydrogens (tertiary/aromatic N) is 4. The zero-order valence-electron chi connectivity index (χ0n) is 11.6. The van der Waals surface area contributed by atoms with Gasteiger partial charge in [-0.05, 0) is 31.3 Å². The lowest BCUT2D eigenvalue weighted by Crippen LogP contribution is -2.69. The lowest BCUT2D eigenvalue weighted by atomic mass is 9.95. The number of H-pyrrole nitrogens is 1. The van der Waals surface area contributed by atoms with Crippen LogP contribution in [-0.4, -0.2) is 50.4 Å². The van der Waals surface area contributed by atoms with E-state index in [9.17, 15) is 9.90 Å². The highest BCUT2D eigenvalue weighted by Crippen LogP contribution is 2.37. The van der Waals surface area contributed by atoms with Crippen molar-refractivity contribution in [3.05, 3.63) is 29.0 Å². The van der Waals surface area contributed by atoms with Crippen LogP contribution in [0.2, 0.25) is 0 Å². The van der Waals surface area contributed by atoms with Crippen LogP contribution in [0, 0.1) is 4.77 Å². The highest BCUT2D eigenvalue weighted by atomic mass is 32.1. The molecule has 1 aromatic carbocycles. The van der Waals surface area contributed by atoms with E-state index in [2.05, 4.69) is 15.5 Å². The number of quaternary nitrogens is 1. The lowest BCUT2D eigenvalue weighted by Gasteiger charge is -2.49. The molecular weight excluding hydrogens is 290 g/mol. The Kier molecular flexibility index (Phi) is 3.34. The fourth-order valence-corrected chi connectivity index (χ4v) is 3.24. The van der Waals surface area contributed by atoms with Gasteiger partial charge in [-0.3, -0.25) is 4.48 Å². The fourth-order valence-electron chi connectivity index (χ4n) is 3.05. The zero-order chi connectivity index (χ0) is 15.0. The van der Waals surface area contributed by atoms with Crippen molar-refractivity contribution in [3.8, 4) is 5.69 Å². The van der Waals surface area contributed by atoms with Gasteiger partial charge < -0.3 is 5.11 Å². The Morgan fingerprint density at radius 3 is 2.95 bits per heavy atom. The molecule has 0 saturated carbocycles. The number of tetrazole rings is 1. The smallest absolute Gasteiger partial charge is 0.363 e. The van der Waals surface area contributed by atoms with Crippen LogP contribution in [0.1, 0.15) is 13.3 Å². The van der Waals surface area contributed by atoms with Gasteiger partial charge >= 0.3 is 5.97 Å². The zero-order valence-corrected chi connectivity index (χ0v) is 12.4. The number of hydrogen-bond donors (Lipinski definition) is 2. The topological polar surface area (TPSA) is 83.8 Å². The molecule has 2 unspecified atom stereocenters. The Bertz CT molecular complexity index is 736. The number of hydrogen-bond acceptors (Lipinski definition) is 4. The summed E-state index contributed by atoms with van der Waals surface area (Å²) in [6.45, 7) is 3.60. The van der Waals surface area contributed by atoms with Crippen molar-refractivity contribution in [3.63, 3.8) is 0 Å². The molecule has 1 aliphatic heterocycles. The van der Waals surface area contributed by atoms with Gasteiger partial charge in [0.2, 0.25) is 4.77 Å². The number of nitrogens with one attached hydrogen (secondary N) is 1. The minimum atomic E-state index is -0.742. The number of aliphatic carboxylic acids is 1. The third-order valence-corrected chi connectivity index (χ3v) is 4.59. The predicted octanol–water partition coefficient (Wildman–Crippen LogP) is 1.51. The monoisotopic (exact) mass is 306 g/mol. The van der Waals surface area contributed by atoms with Gasteiger partial charge in [0.1, 0.15) is 5.69 Å². The first kappa shape index (κ1) is 13.9. The standard InChI is InChI=1S/C13H15N5O2S/c1-2-18(7-6-11(18)12(19)20)10-5-3-4-9(8-10)17-13(21)14-15-16-17/h3-5,8,11H,2,6-7H2,1H3,(H-,14,16,19,20,21)/p+1. The largest absolute Gasteiger partial charge is 0.477 e. The number of carboxylic acids is 1. The Balaban J connectivity index is 2.06. The summed E-state index contributed by atoms with van der Waals surface area (Å²) in [6.07, 6.45) is 0.707. The Labute approximate surface area is 126 Å². The third-order valence-electron chi connectivity index (χ3n) is 4.32. The summed E-state index contributed by atoms with van der Waals surface area (Å²) in [5.74, 6) is -0.742. The van der Waals surface area contributed by atoms with Crippen molar-refractivity contribution >= 4 is 23.9 Å². The SMILES string of the molecule is CC[N+]1(c2cccc(-n3[nH]nnc3=S)c2)CCC1C(=O)O. The minimum absolute atomic E-state index is 0.341. The van der Waals surface area contributed by atoms with Crippen molar-refractivity contribution in [1.29, 1.82) is 0 Å². The number of likely N-dealkylation sites (tertiary alicyclic amines) is 1. The van der Waals surface area contributed by atoms with Crippen molar-refractivity contribution in [2.24, 2.45) is 0 Å². The lowest BCUT2D eigenvalue weighted by molar-refractivity contribution is -0.147. The summed E-state index contributed by atoms with van der Waals surface area (Å²) in [5, 5.41) is 19.5. The molecule has 2 N–H and O–H groups in total. The van der Waals surface area contributed by atoms with Gasteiger partial charge in [-0.15, -0.1) is 0 Å². The van der Waals surface area contributed by atoms with Gasteiger partial charge in [-0.2, -0.15) is 5.21 Å². The van der Waals surface area contributed by atoms with Crippen molar-refractivity contribution in [1.82, 2.24) is 24.7 Å². The number of aromatic nitrogens is 4. The van der Waals surface area contributed by atoms with Crippen molar-refractivity contribution < 1.29 is 9.90 Å². The maximum atomic E-state index is 11.4. The van der Waals surface area contributed by atoms with E-state index in [-0.39, 0.29) is 6.04 Å². The summed E-state index contributed by atoms with van der Waals surface area (Å²) in [5.41, 5.74) is 1.79. The van der Waals surface area contributed by atoms with Crippen LogP contribution in [0.3, 0.4) is 0 Å². The van der Waals surface area contributed by atoms with Crippen LogP contribution in [-0.2, 0) is 4.79 Å². The fraction of sp³-hybridized carbons (Fsp3) is 0.385. The first-order valence-corrected chi connectivity index (χ1v) is 7.20. The molecule has 0 radical (unpaired) electrons. The van der Waals surface area contributed by atoms with E-state index >= 15 is 0 Å². The molecule has 21 heavy (non-hydrogen) atoms. The van der Waals surface area contributed by atoms with Crippen molar-refractivity contribution in [2.45, 2.75) is 19.4 Å². The molecule has 0 bridgehead atoms. The van der Waals surface area contributed by atoms with E-state index in [0.29, 0.717) is 15.7 Å². The maximum absolute atomic E-state index is 11.4. The molecule has 2 heterocycles. The average Bonchev–Trinajstić information content (AvgIpc) is 2.85. The number of aromatic amines is 1. The second-order valence-electron chi connectivity index (χ2n) is 5.15. The van der Waals surface area contributed by atoms with Crippen LogP contribution in [0.4, 0.5) is 5.69 Å². The summed E-state index contributed by atoms with van der Waals surface area (Å²) >= 11 is 5.10. The molecule has 2 atom stereocenters. The Hall–Kier alpha value is -2.06. The van der Waals surface area contributed by atoms with E-state index in [0.717, 1.165) is 24.5 Å². The van der Waals surface area contributed by atoms with Crippen molar-refractivity contribution in [2.75, 3.05) is 13.1 Å². The van der Waals surface area contributed by atoms with Crippen LogP contribution in [0.5, 0.6) is 0 Å². The van der Waals surface area contributed by atoms with E-state index in [1.54, 1.807) is 4.68 Å².